The van der Waals surface area contributed by atoms with E-state index in [9.17, 15) is 19.2 Å². The molecule has 3 amide bonds. The summed E-state index contributed by atoms with van der Waals surface area (Å²) >= 11 is 0. The molecule has 0 aromatic heterocycles. The van der Waals surface area contributed by atoms with E-state index in [1.165, 1.54) is 4.90 Å². The zero-order valence-electron chi connectivity index (χ0n) is 14.6. The molecule has 0 atom stereocenters. The van der Waals surface area contributed by atoms with E-state index in [2.05, 4.69) is 0 Å². The van der Waals surface area contributed by atoms with Crippen LogP contribution in [0, 0.1) is 0 Å². The van der Waals surface area contributed by atoms with Crippen LogP contribution in [0.15, 0.2) is 24.3 Å². The lowest BCUT2D eigenvalue weighted by Gasteiger charge is -2.26. The Hall–Kier alpha value is -2.70. The first-order valence-corrected chi connectivity index (χ1v) is 8.91. The maximum Gasteiger partial charge on any atom is 0.338 e. The van der Waals surface area contributed by atoms with Crippen LogP contribution in [0.4, 0.5) is 0 Å². The van der Waals surface area contributed by atoms with Crippen molar-refractivity contribution in [1.29, 1.82) is 0 Å². The third-order valence-electron chi connectivity index (χ3n) is 4.72. The molecule has 0 N–H and O–H groups in total. The largest absolute Gasteiger partial charge is 0.452 e. The molecular formula is C19H22N2O5. The van der Waals surface area contributed by atoms with Crippen LogP contribution < -0.4 is 0 Å². The predicted octanol–water partition coefficient (Wildman–Crippen LogP) is 1.50. The van der Waals surface area contributed by atoms with Crippen molar-refractivity contribution in [1.82, 2.24) is 9.80 Å². The summed E-state index contributed by atoms with van der Waals surface area (Å²) in [5, 5.41) is 0. The van der Waals surface area contributed by atoms with E-state index in [1.807, 2.05) is 0 Å². The highest BCUT2D eigenvalue weighted by atomic mass is 16.5. The molecule has 2 fully saturated rings. The number of imide groups is 1. The Morgan fingerprint density at radius 3 is 2.15 bits per heavy atom. The molecule has 7 nitrogen and oxygen atoms in total. The summed E-state index contributed by atoms with van der Waals surface area (Å²) in [4.78, 5) is 50.3. The van der Waals surface area contributed by atoms with Crippen LogP contribution in [-0.4, -0.2) is 53.2 Å². The Labute approximate surface area is 151 Å². The second kappa shape index (κ2) is 8.12. The van der Waals surface area contributed by atoms with E-state index in [1.54, 1.807) is 29.2 Å². The van der Waals surface area contributed by atoms with Gasteiger partial charge in [-0.1, -0.05) is 12.1 Å². The average molecular weight is 358 g/mol. The number of rotatable bonds is 5. The predicted molar refractivity (Wildman–Crippen MR) is 91.9 cm³/mol. The molecule has 2 saturated heterocycles. The van der Waals surface area contributed by atoms with Crippen molar-refractivity contribution in [2.24, 2.45) is 0 Å². The molecule has 0 bridgehead atoms. The molecule has 2 heterocycles. The first-order chi connectivity index (χ1) is 12.5. The van der Waals surface area contributed by atoms with Crippen molar-refractivity contribution < 1.29 is 23.9 Å². The molecular weight excluding hydrogens is 336 g/mol. The molecule has 138 valence electrons. The Morgan fingerprint density at radius 2 is 1.54 bits per heavy atom. The highest BCUT2D eigenvalue weighted by Crippen LogP contribution is 2.16. The maximum absolute atomic E-state index is 12.1. The highest BCUT2D eigenvalue weighted by molar-refractivity contribution is 6.01. The van der Waals surface area contributed by atoms with Crippen molar-refractivity contribution in [2.75, 3.05) is 19.7 Å². The van der Waals surface area contributed by atoms with Gasteiger partial charge in [0, 0.05) is 25.9 Å². The van der Waals surface area contributed by atoms with Crippen LogP contribution in [0.1, 0.15) is 48.0 Å². The summed E-state index contributed by atoms with van der Waals surface area (Å²) in [6, 6.07) is 6.52. The van der Waals surface area contributed by atoms with Gasteiger partial charge in [-0.15, -0.1) is 0 Å². The number of esters is 1. The van der Waals surface area contributed by atoms with Crippen LogP contribution in [-0.2, 0) is 25.7 Å². The van der Waals surface area contributed by atoms with Gasteiger partial charge in [0.1, 0.15) is 0 Å². The zero-order chi connectivity index (χ0) is 18.5. The summed E-state index contributed by atoms with van der Waals surface area (Å²) in [5.74, 6) is -1.07. The summed E-state index contributed by atoms with van der Waals surface area (Å²) in [6.07, 6.45) is 3.62. The van der Waals surface area contributed by atoms with Gasteiger partial charge in [-0.25, -0.2) is 4.79 Å². The normalized spacial score (nSPS) is 17.5. The average Bonchev–Trinajstić information content (AvgIpc) is 2.99. The smallest absolute Gasteiger partial charge is 0.338 e. The topological polar surface area (TPSA) is 84.0 Å². The molecule has 0 aliphatic carbocycles. The Bertz CT molecular complexity index is 691. The minimum atomic E-state index is -0.560. The minimum absolute atomic E-state index is 0.166. The molecule has 2 aliphatic heterocycles. The Kier molecular flexibility index (Phi) is 5.65. The third kappa shape index (κ3) is 4.28. The second-order valence-electron chi connectivity index (χ2n) is 6.59. The van der Waals surface area contributed by atoms with Gasteiger partial charge >= 0.3 is 5.97 Å². The summed E-state index contributed by atoms with van der Waals surface area (Å²) < 4.78 is 5.10. The summed E-state index contributed by atoms with van der Waals surface area (Å²) in [6.45, 7) is 1.40. The molecule has 0 saturated carbocycles. The van der Waals surface area contributed by atoms with Crippen LogP contribution in [0.25, 0.3) is 0 Å². The summed E-state index contributed by atoms with van der Waals surface area (Å²) in [7, 11) is 0. The summed E-state index contributed by atoms with van der Waals surface area (Å²) in [5.41, 5.74) is 1.09. The number of ether oxygens (including phenoxy) is 1. The first kappa shape index (κ1) is 18.1. The number of carbonyl (C=O) groups is 4. The van der Waals surface area contributed by atoms with Crippen molar-refractivity contribution in [3.05, 3.63) is 35.4 Å². The standard InChI is InChI=1S/C19H22N2O5/c22-16-8-9-17(23)21(16)12-14-4-6-15(7-5-14)19(25)26-13-18(24)20-10-2-1-3-11-20/h4-7H,1-3,8-13H2. The van der Waals surface area contributed by atoms with Gasteiger partial charge in [0.05, 0.1) is 12.1 Å². The minimum Gasteiger partial charge on any atom is -0.452 e. The molecule has 0 radical (unpaired) electrons. The molecule has 0 unspecified atom stereocenters. The van der Waals surface area contributed by atoms with E-state index < -0.39 is 5.97 Å². The van der Waals surface area contributed by atoms with Gasteiger partial charge < -0.3 is 9.64 Å². The molecule has 1 aromatic carbocycles. The Morgan fingerprint density at radius 1 is 0.923 bits per heavy atom. The quantitative estimate of drug-likeness (QED) is 0.588. The number of hydrogen-bond donors (Lipinski definition) is 0. The van der Waals surface area contributed by atoms with Gasteiger partial charge in [0.15, 0.2) is 6.61 Å². The number of hydrogen-bond acceptors (Lipinski definition) is 5. The first-order valence-electron chi connectivity index (χ1n) is 8.91. The van der Waals surface area contributed by atoms with Gasteiger partial charge in [0.25, 0.3) is 5.91 Å². The molecule has 3 rings (SSSR count). The molecule has 0 spiro atoms. The van der Waals surface area contributed by atoms with Crippen LogP contribution in [0.3, 0.4) is 0 Å². The van der Waals surface area contributed by atoms with E-state index in [0.29, 0.717) is 5.56 Å². The number of likely N-dealkylation sites (tertiary alicyclic amines) is 2. The van der Waals surface area contributed by atoms with E-state index >= 15 is 0 Å². The fourth-order valence-electron chi connectivity index (χ4n) is 3.17. The van der Waals surface area contributed by atoms with Gasteiger partial charge in [0.2, 0.25) is 11.8 Å². The van der Waals surface area contributed by atoms with Crippen molar-refractivity contribution in [2.45, 2.75) is 38.6 Å². The highest BCUT2D eigenvalue weighted by Gasteiger charge is 2.28. The molecule has 1 aromatic rings. The molecule has 2 aliphatic rings. The fraction of sp³-hybridized carbons (Fsp3) is 0.474. The van der Waals surface area contributed by atoms with Crippen molar-refractivity contribution >= 4 is 23.7 Å². The van der Waals surface area contributed by atoms with Gasteiger partial charge in [-0.2, -0.15) is 0 Å². The van der Waals surface area contributed by atoms with E-state index in [-0.39, 0.29) is 43.7 Å². The zero-order valence-corrected chi connectivity index (χ0v) is 14.6. The monoisotopic (exact) mass is 358 g/mol. The van der Waals surface area contributed by atoms with E-state index in [0.717, 1.165) is 37.9 Å². The number of benzene rings is 1. The number of piperidine rings is 1. The molecule has 7 heteroatoms. The van der Waals surface area contributed by atoms with Crippen LogP contribution >= 0.6 is 0 Å². The number of carbonyl (C=O) groups excluding carboxylic acids is 4. The van der Waals surface area contributed by atoms with Crippen LogP contribution in [0.2, 0.25) is 0 Å². The third-order valence-corrected chi connectivity index (χ3v) is 4.72. The fourth-order valence-corrected chi connectivity index (χ4v) is 3.17. The molecule has 26 heavy (non-hydrogen) atoms. The van der Waals surface area contributed by atoms with E-state index in [4.69, 9.17) is 4.74 Å². The van der Waals surface area contributed by atoms with Gasteiger partial charge in [-0.3, -0.25) is 19.3 Å². The number of nitrogens with zero attached hydrogens (tertiary/aromatic N) is 2. The SMILES string of the molecule is O=C(OCC(=O)N1CCCCC1)c1ccc(CN2C(=O)CCC2=O)cc1. The van der Waals surface area contributed by atoms with Gasteiger partial charge in [-0.05, 0) is 37.0 Å². The lowest BCUT2D eigenvalue weighted by Crippen LogP contribution is -2.38. The number of amides is 3. The Balaban J connectivity index is 1.51. The van der Waals surface area contributed by atoms with Crippen molar-refractivity contribution in [3.8, 4) is 0 Å². The van der Waals surface area contributed by atoms with Crippen LogP contribution in [0.5, 0.6) is 0 Å². The maximum atomic E-state index is 12.1. The lowest BCUT2D eigenvalue weighted by atomic mass is 10.1. The second-order valence-corrected chi connectivity index (χ2v) is 6.59. The van der Waals surface area contributed by atoms with Crippen molar-refractivity contribution in [3.63, 3.8) is 0 Å². The lowest BCUT2D eigenvalue weighted by molar-refractivity contribution is -0.139.